The molecular weight excluding hydrogens is 402 g/mol. The summed E-state index contributed by atoms with van der Waals surface area (Å²) in [5.74, 6) is 0.994. The molecule has 1 aromatic rings. The Bertz CT molecular complexity index is 783. The van der Waals surface area contributed by atoms with Gasteiger partial charge in [-0.05, 0) is 30.7 Å². The van der Waals surface area contributed by atoms with Gasteiger partial charge in [-0.2, -0.15) is 0 Å². The predicted octanol–water partition coefficient (Wildman–Crippen LogP) is 3.77. The molecule has 3 aliphatic rings. The number of hydrogen-bond donors (Lipinski definition) is 0. The molecule has 0 bridgehead atoms. The Labute approximate surface area is 191 Å². The zero-order valence-electron chi connectivity index (χ0n) is 19.2. The van der Waals surface area contributed by atoms with Crippen LogP contribution in [0, 0.1) is 5.92 Å². The standard InChI is InChI=1S/C26H37N3O3/c30-23(15-14-21-9-3-1-4-10-21)27-17-19-28(20-18-27)26(32)25(22-11-5-2-6-12-22)29-16-8-7-13-24(29)31/h2,5-6,11-12,21,25H,1,3-4,7-10,13-20H2. The quantitative estimate of drug-likeness (QED) is 0.678. The fourth-order valence-corrected chi connectivity index (χ4v) is 5.50. The molecule has 32 heavy (non-hydrogen) atoms. The SMILES string of the molecule is O=C(CCC1CCCCC1)N1CCN(C(=O)C(c2ccccc2)N2CCCCC2=O)CC1. The maximum Gasteiger partial charge on any atom is 0.250 e. The van der Waals surface area contributed by atoms with Gasteiger partial charge in [-0.3, -0.25) is 14.4 Å². The molecule has 6 nitrogen and oxygen atoms in total. The van der Waals surface area contributed by atoms with Gasteiger partial charge in [0, 0.05) is 45.6 Å². The van der Waals surface area contributed by atoms with E-state index in [0.29, 0.717) is 51.5 Å². The van der Waals surface area contributed by atoms with Crippen LogP contribution in [0.25, 0.3) is 0 Å². The van der Waals surface area contributed by atoms with E-state index in [4.69, 9.17) is 0 Å². The summed E-state index contributed by atoms with van der Waals surface area (Å²) in [6.45, 7) is 2.89. The Kier molecular flexibility index (Phi) is 7.82. The average molecular weight is 440 g/mol. The highest BCUT2D eigenvalue weighted by Gasteiger charge is 2.36. The lowest BCUT2D eigenvalue weighted by Gasteiger charge is -2.40. The predicted molar refractivity (Wildman–Crippen MR) is 124 cm³/mol. The van der Waals surface area contributed by atoms with E-state index in [2.05, 4.69) is 0 Å². The normalized spacial score (nSPS) is 21.5. The Morgan fingerprint density at radius 2 is 1.53 bits per heavy atom. The topological polar surface area (TPSA) is 60.9 Å². The van der Waals surface area contributed by atoms with Gasteiger partial charge >= 0.3 is 0 Å². The van der Waals surface area contributed by atoms with Crippen molar-refractivity contribution in [1.29, 1.82) is 0 Å². The fourth-order valence-electron chi connectivity index (χ4n) is 5.50. The van der Waals surface area contributed by atoms with E-state index in [1.807, 2.05) is 40.1 Å². The smallest absolute Gasteiger partial charge is 0.250 e. The summed E-state index contributed by atoms with van der Waals surface area (Å²) >= 11 is 0. The van der Waals surface area contributed by atoms with Crippen LogP contribution in [0.4, 0.5) is 0 Å². The lowest BCUT2D eigenvalue weighted by molar-refractivity contribution is -0.150. The van der Waals surface area contributed by atoms with Crippen LogP contribution in [0.15, 0.2) is 30.3 Å². The van der Waals surface area contributed by atoms with Crippen LogP contribution >= 0.6 is 0 Å². The molecule has 1 unspecified atom stereocenters. The third kappa shape index (κ3) is 5.51. The number of nitrogens with zero attached hydrogens (tertiary/aromatic N) is 3. The van der Waals surface area contributed by atoms with Crippen molar-refractivity contribution in [3.8, 4) is 0 Å². The molecule has 0 radical (unpaired) electrons. The van der Waals surface area contributed by atoms with Gasteiger partial charge in [-0.25, -0.2) is 0 Å². The van der Waals surface area contributed by atoms with Crippen molar-refractivity contribution < 1.29 is 14.4 Å². The summed E-state index contributed by atoms with van der Waals surface area (Å²) in [5.41, 5.74) is 0.874. The molecule has 3 fully saturated rings. The van der Waals surface area contributed by atoms with Crippen LogP contribution in [0.3, 0.4) is 0 Å². The summed E-state index contributed by atoms with van der Waals surface area (Å²) < 4.78 is 0. The molecule has 6 heteroatoms. The first-order valence-corrected chi connectivity index (χ1v) is 12.5. The second kappa shape index (κ2) is 11.0. The van der Waals surface area contributed by atoms with Crippen molar-refractivity contribution in [3.05, 3.63) is 35.9 Å². The summed E-state index contributed by atoms with van der Waals surface area (Å²) in [7, 11) is 0. The average Bonchev–Trinajstić information content (AvgIpc) is 2.85. The molecule has 4 rings (SSSR count). The van der Waals surface area contributed by atoms with Gasteiger partial charge in [0.05, 0.1) is 0 Å². The highest BCUT2D eigenvalue weighted by atomic mass is 16.2. The number of hydrogen-bond acceptors (Lipinski definition) is 3. The molecule has 2 saturated heterocycles. The van der Waals surface area contributed by atoms with Gasteiger partial charge < -0.3 is 14.7 Å². The summed E-state index contributed by atoms with van der Waals surface area (Å²) in [6.07, 6.45) is 10.5. The van der Waals surface area contributed by atoms with Crippen LogP contribution in [0.5, 0.6) is 0 Å². The number of benzene rings is 1. The number of likely N-dealkylation sites (tertiary alicyclic amines) is 1. The minimum atomic E-state index is -0.558. The maximum atomic E-state index is 13.6. The molecule has 0 N–H and O–H groups in total. The highest BCUT2D eigenvalue weighted by Crippen LogP contribution is 2.29. The number of piperidine rings is 1. The monoisotopic (exact) mass is 439 g/mol. The van der Waals surface area contributed by atoms with Crippen LogP contribution in [0.1, 0.15) is 75.8 Å². The molecule has 1 atom stereocenters. The highest BCUT2D eigenvalue weighted by molar-refractivity contribution is 5.89. The summed E-state index contributed by atoms with van der Waals surface area (Å²) in [6, 6.07) is 9.10. The Morgan fingerprint density at radius 1 is 0.844 bits per heavy atom. The van der Waals surface area contributed by atoms with Crippen LogP contribution in [-0.2, 0) is 14.4 Å². The third-order valence-corrected chi connectivity index (χ3v) is 7.46. The van der Waals surface area contributed by atoms with Crippen molar-refractivity contribution in [3.63, 3.8) is 0 Å². The molecule has 1 aromatic carbocycles. The van der Waals surface area contributed by atoms with E-state index in [-0.39, 0.29) is 17.7 Å². The van der Waals surface area contributed by atoms with E-state index < -0.39 is 6.04 Å². The molecule has 1 saturated carbocycles. The largest absolute Gasteiger partial charge is 0.339 e. The number of rotatable bonds is 6. The van der Waals surface area contributed by atoms with E-state index in [0.717, 1.165) is 24.8 Å². The molecule has 2 aliphatic heterocycles. The number of amides is 3. The first-order chi connectivity index (χ1) is 15.6. The van der Waals surface area contributed by atoms with Crippen molar-refractivity contribution in [2.75, 3.05) is 32.7 Å². The zero-order chi connectivity index (χ0) is 22.3. The van der Waals surface area contributed by atoms with Crippen molar-refractivity contribution in [2.45, 2.75) is 70.3 Å². The second-order valence-electron chi connectivity index (χ2n) is 9.61. The van der Waals surface area contributed by atoms with Gasteiger partial charge in [-0.15, -0.1) is 0 Å². The molecular formula is C26H37N3O3. The Hall–Kier alpha value is -2.37. The molecule has 0 aromatic heterocycles. The second-order valence-corrected chi connectivity index (χ2v) is 9.61. The van der Waals surface area contributed by atoms with Crippen molar-refractivity contribution >= 4 is 17.7 Å². The van der Waals surface area contributed by atoms with Gasteiger partial charge in [-0.1, -0.05) is 62.4 Å². The molecule has 174 valence electrons. The van der Waals surface area contributed by atoms with Crippen molar-refractivity contribution in [2.24, 2.45) is 5.92 Å². The summed E-state index contributed by atoms with van der Waals surface area (Å²) in [5, 5.41) is 0. The third-order valence-electron chi connectivity index (χ3n) is 7.46. The lowest BCUT2D eigenvalue weighted by atomic mass is 9.86. The first kappa shape index (κ1) is 22.8. The van der Waals surface area contributed by atoms with Gasteiger partial charge in [0.15, 0.2) is 0 Å². The van der Waals surface area contributed by atoms with E-state index >= 15 is 0 Å². The van der Waals surface area contributed by atoms with Crippen LogP contribution in [0.2, 0.25) is 0 Å². The van der Waals surface area contributed by atoms with Gasteiger partial charge in [0.1, 0.15) is 6.04 Å². The van der Waals surface area contributed by atoms with E-state index in [1.54, 1.807) is 4.90 Å². The number of carbonyl (C=O) groups is 3. The zero-order valence-corrected chi connectivity index (χ0v) is 19.2. The Morgan fingerprint density at radius 3 is 2.22 bits per heavy atom. The van der Waals surface area contributed by atoms with E-state index in [9.17, 15) is 14.4 Å². The number of carbonyl (C=O) groups excluding carboxylic acids is 3. The van der Waals surface area contributed by atoms with E-state index in [1.165, 1.54) is 32.1 Å². The van der Waals surface area contributed by atoms with Crippen LogP contribution < -0.4 is 0 Å². The Balaban J connectivity index is 1.35. The maximum absolute atomic E-state index is 13.6. The fraction of sp³-hybridized carbons (Fsp3) is 0.654. The van der Waals surface area contributed by atoms with Crippen molar-refractivity contribution in [1.82, 2.24) is 14.7 Å². The van der Waals surface area contributed by atoms with Gasteiger partial charge in [0.2, 0.25) is 17.7 Å². The molecule has 0 spiro atoms. The molecule has 1 aliphatic carbocycles. The molecule has 2 heterocycles. The first-order valence-electron chi connectivity index (χ1n) is 12.5. The summed E-state index contributed by atoms with van der Waals surface area (Å²) in [4.78, 5) is 44.5. The van der Waals surface area contributed by atoms with Gasteiger partial charge in [0.25, 0.3) is 0 Å². The minimum absolute atomic E-state index is 0.0132. The minimum Gasteiger partial charge on any atom is -0.339 e. The number of piperazine rings is 1. The van der Waals surface area contributed by atoms with Crippen LogP contribution in [-0.4, -0.2) is 65.1 Å². The molecule has 3 amide bonds. The lowest BCUT2D eigenvalue weighted by Crippen LogP contribution is -2.54.